The van der Waals surface area contributed by atoms with E-state index in [1.54, 1.807) is 0 Å². The topological polar surface area (TPSA) is 46.9 Å². The second-order valence-corrected chi connectivity index (χ2v) is 7.84. The van der Waals surface area contributed by atoms with Crippen LogP contribution in [0.5, 0.6) is 0 Å². The van der Waals surface area contributed by atoms with Crippen LogP contribution in [0.25, 0.3) is 16.9 Å². The fourth-order valence-corrected chi connectivity index (χ4v) is 3.81. The third-order valence-electron chi connectivity index (χ3n) is 5.51. The number of carbonyl (C=O) groups excluding carboxylic acids is 1. The standard InChI is InChI=1S/C24H27N3O/c1-17-8-12-19(13-9-17)23-16-22(24(28)25-20-6-4-3-5-7-20)26-27(23)21-14-10-18(2)11-15-21/h8-16,20H,3-7H2,1-2H3,(H,25,28). The van der Waals surface area contributed by atoms with Gasteiger partial charge in [0, 0.05) is 11.6 Å². The molecule has 28 heavy (non-hydrogen) atoms. The van der Waals surface area contributed by atoms with Gasteiger partial charge in [-0.3, -0.25) is 4.79 Å². The van der Waals surface area contributed by atoms with E-state index in [4.69, 9.17) is 0 Å². The first-order chi connectivity index (χ1) is 13.6. The van der Waals surface area contributed by atoms with Crippen molar-refractivity contribution in [2.45, 2.75) is 52.0 Å². The molecule has 1 saturated carbocycles. The number of carbonyl (C=O) groups is 1. The van der Waals surface area contributed by atoms with Crippen molar-refractivity contribution >= 4 is 5.91 Å². The van der Waals surface area contributed by atoms with E-state index in [0.29, 0.717) is 5.69 Å². The summed E-state index contributed by atoms with van der Waals surface area (Å²) in [5, 5.41) is 7.86. The number of hydrogen-bond donors (Lipinski definition) is 1. The van der Waals surface area contributed by atoms with Gasteiger partial charge in [-0.2, -0.15) is 5.10 Å². The molecule has 0 spiro atoms. The van der Waals surface area contributed by atoms with Crippen molar-refractivity contribution in [1.82, 2.24) is 15.1 Å². The lowest BCUT2D eigenvalue weighted by atomic mass is 9.95. The van der Waals surface area contributed by atoms with E-state index in [9.17, 15) is 4.79 Å². The molecule has 4 heteroatoms. The van der Waals surface area contributed by atoms with Crippen LogP contribution in [0.3, 0.4) is 0 Å². The molecule has 4 nitrogen and oxygen atoms in total. The Morgan fingerprint density at radius 3 is 2.18 bits per heavy atom. The second-order valence-electron chi connectivity index (χ2n) is 7.84. The highest BCUT2D eigenvalue weighted by atomic mass is 16.2. The molecule has 0 saturated heterocycles. The third-order valence-corrected chi connectivity index (χ3v) is 5.51. The van der Waals surface area contributed by atoms with Crippen LogP contribution in [-0.4, -0.2) is 21.7 Å². The van der Waals surface area contributed by atoms with Crippen LogP contribution in [-0.2, 0) is 0 Å². The summed E-state index contributed by atoms with van der Waals surface area (Å²) in [6.07, 6.45) is 5.78. The lowest BCUT2D eigenvalue weighted by Crippen LogP contribution is -2.36. The molecule has 4 rings (SSSR count). The van der Waals surface area contributed by atoms with Gasteiger partial charge in [0.15, 0.2) is 5.69 Å². The van der Waals surface area contributed by atoms with Gasteiger partial charge in [-0.15, -0.1) is 0 Å². The molecule has 1 aliphatic carbocycles. The minimum atomic E-state index is -0.0777. The summed E-state index contributed by atoms with van der Waals surface area (Å²) in [5.74, 6) is -0.0777. The quantitative estimate of drug-likeness (QED) is 0.682. The smallest absolute Gasteiger partial charge is 0.272 e. The summed E-state index contributed by atoms with van der Waals surface area (Å²) in [5.41, 5.74) is 5.82. The Labute approximate surface area is 166 Å². The number of aromatic nitrogens is 2. The van der Waals surface area contributed by atoms with Gasteiger partial charge in [0.1, 0.15) is 0 Å². The molecule has 0 unspecified atom stereocenters. The van der Waals surface area contributed by atoms with Crippen LogP contribution in [0, 0.1) is 13.8 Å². The van der Waals surface area contributed by atoms with Crippen molar-refractivity contribution in [3.05, 3.63) is 71.4 Å². The van der Waals surface area contributed by atoms with Crippen LogP contribution in [0.1, 0.15) is 53.7 Å². The molecule has 1 heterocycles. The highest BCUT2D eigenvalue weighted by molar-refractivity contribution is 5.93. The first kappa shape index (κ1) is 18.5. The highest BCUT2D eigenvalue weighted by Crippen LogP contribution is 2.25. The van der Waals surface area contributed by atoms with E-state index >= 15 is 0 Å². The molecule has 0 aliphatic heterocycles. The van der Waals surface area contributed by atoms with Gasteiger partial charge in [-0.1, -0.05) is 66.8 Å². The van der Waals surface area contributed by atoms with E-state index in [2.05, 4.69) is 60.7 Å². The zero-order valence-electron chi connectivity index (χ0n) is 16.6. The molecule has 1 aliphatic rings. The molecular weight excluding hydrogens is 346 g/mol. The van der Waals surface area contributed by atoms with Crippen LogP contribution in [0.15, 0.2) is 54.6 Å². The number of nitrogens with one attached hydrogen (secondary N) is 1. The van der Waals surface area contributed by atoms with Crippen molar-refractivity contribution in [2.24, 2.45) is 0 Å². The van der Waals surface area contributed by atoms with Crippen LogP contribution < -0.4 is 5.32 Å². The lowest BCUT2D eigenvalue weighted by molar-refractivity contribution is 0.0922. The molecule has 1 amide bonds. The molecule has 144 valence electrons. The summed E-state index contributed by atoms with van der Waals surface area (Å²) in [6, 6.07) is 18.7. The number of amides is 1. The maximum Gasteiger partial charge on any atom is 0.272 e. The van der Waals surface area contributed by atoms with Crippen LogP contribution >= 0.6 is 0 Å². The van der Waals surface area contributed by atoms with E-state index in [1.165, 1.54) is 30.4 Å². The normalized spacial score (nSPS) is 14.8. The van der Waals surface area contributed by atoms with Crippen LogP contribution in [0.4, 0.5) is 0 Å². The van der Waals surface area contributed by atoms with Gasteiger partial charge >= 0.3 is 0 Å². The predicted octanol–water partition coefficient (Wildman–Crippen LogP) is 5.22. The van der Waals surface area contributed by atoms with E-state index in [1.807, 2.05) is 22.9 Å². The first-order valence-corrected chi connectivity index (χ1v) is 10.2. The zero-order valence-corrected chi connectivity index (χ0v) is 16.6. The predicted molar refractivity (Wildman–Crippen MR) is 113 cm³/mol. The van der Waals surface area contributed by atoms with E-state index < -0.39 is 0 Å². The number of rotatable bonds is 4. The van der Waals surface area contributed by atoms with Crippen molar-refractivity contribution in [3.8, 4) is 16.9 Å². The molecule has 0 radical (unpaired) electrons. The van der Waals surface area contributed by atoms with Crippen molar-refractivity contribution < 1.29 is 4.79 Å². The fourth-order valence-electron chi connectivity index (χ4n) is 3.81. The Balaban J connectivity index is 1.69. The summed E-state index contributed by atoms with van der Waals surface area (Å²) >= 11 is 0. The summed E-state index contributed by atoms with van der Waals surface area (Å²) in [6.45, 7) is 4.14. The average Bonchev–Trinajstić information content (AvgIpc) is 3.15. The average molecular weight is 374 g/mol. The Morgan fingerprint density at radius 1 is 0.929 bits per heavy atom. The number of benzene rings is 2. The molecule has 1 aromatic heterocycles. The molecule has 3 aromatic rings. The monoisotopic (exact) mass is 373 g/mol. The second kappa shape index (κ2) is 8.01. The summed E-state index contributed by atoms with van der Waals surface area (Å²) in [4.78, 5) is 12.9. The number of aryl methyl sites for hydroxylation is 2. The van der Waals surface area contributed by atoms with Gasteiger partial charge in [-0.25, -0.2) is 4.68 Å². The number of hydrogen-bond acceptors (Lipinski definition) is 2. The maximum absolute atomic E-state index is 12.9. The maximum atomic E-state index is 12.9. The van der Waals surface area contributed by atoms with Gasteiger partial charge in [-0.05, 0) is 44.9 Å². The van der Waals surface area contributed by atoms with Crippen LogP contribution in [0.2, 0.25) is 0 Å². The van der Waals surface area contributed by atoms with Gasteiger partial charge in [0.25, 0.3) is 5.91 Å². The Kier molecular flexibility index (Phi) is 5.29. The van der Waals surface area contributed by atoms with E-state index in [-0.39, 0.29) is 11.9 Å². The largest absolute Gasteiger partial charge is 0.348 e. The van der Waals surface area contributed by atoms with Gasteiger partial charge < -0.3 is 5.32 Å². The van der Waals surface area contributed by atoms with Crippen molar-refractivity contribution in [2.75, 3.05) is 0 Å². The number of nitrogens with zero attached hydrogens (tertiary/aromatic N) is 2. The van der Waals surface area contributed by atoms with Crippen molar-refractivity contribution in [3.63, 3.8) is 0 Å². The third kappa shape index (κ3) is 4.01. The SMILES string of the molecule is Cc1ccc(-c2cc(C(=O)NC3CCCCC3)nn2-c2ccc(C)cc2)cc1. The van der Waals surface area contributed by atoms with E-state index in [0.717, 1.165) is 29.8 Å². The lowest BCUT2D eigenvalue weighted by Gasteiger charge is -2.22. The molecule has 2 aromatic carbocycles. The molecule has 1 fully saturated rings. The Hall–Kier alpha value is -2.88. The Morgan fingerprint density at radius 2 is 1.54 bits per heavy atom. The molecular formula is C24H27N3O. The minimum absolute atomic E-state index is 0.0777. The van der Waals surface area contributed by atoms with Gasteiger partial charge in [0.2, 0.25) is 0 Å². The van der Waals surface area contributed by atoms with Crippen molar-refractivity contribution in [1.29, 1.82) is 0 Å². The Bertz CT molecular complexity index is 886. The molecule has 0 atom stereocenters. The first-order valence-electron chi connectivity index (χ1n) is 10.2. The van der Waals surface area contributed by atoms with Gasteiger partial charge in [0.05, 0.1) is 11.4 Å². The summed E-state index contributed by atoms with van der Waals surface area (Å²) in [7, 11) is 0. The highest BCUT2D eigenvalue weighted by Gasteiger charge is 2.21. The molecule has 1 N–H and O–H groups in total. The zero-order chi connectivity index (χ0) is 19.5. The summed E-state index contributed by atoms with van der Waals surface area (Å²) < 4.78 is 1.87. The minimum Gasteiger partial charge on any atom is -0.348 e. The molecule has 0 bridgehead atoms. The fraction of sp³-hybridized carbons (Fsp3) is 0.333.